The van der Waals surface area contributed by atoms with Crippen molar-refractivity contribution in [2.24, 2.45) is 0 Å². The normalized spacial score (nSPS) is 10.8. The van der Waals surface area contributed by atoms with Crippen molar-refractivity contribution in [1.82, 2.24) is 14.8 Å². The van der Waals surface area contributed by atoms with Gasteiger partial charge in [0.25, 0.3) is 0 Å². The molecule has 17 heavy (non-hydrogen) atoms. The first-order chi connectivity index (χ1) is 8.15. The predicted molar refractivity (Wildman–Crippen MR) is 70.8 cm³/mol. The topological polar surface area (TPSA) is 33.6 Å². The molecule has 2 aromatic rings. The van der Waals surface area contributed by atoms with Gasteiger partial charge in [-0.25, -0.2) is 4.39 Å². The van der Waals surface area contributed by atoms with Crippen molar-refractivity contribution in [3.63, 3.8) is 0 Å². The van der Waals surface area contributed by atoms with Crippen LogP contribution < -0.4 is 0 Å². The molecule has 1 aromatic carbocycles. The monoisotopic (exact) mass is 315 g/mol. The lowest BCUT2D eigenvalue weighted by atomic mass is 10.2. The molecule has 90 valence electrons. The van der Waals surface area contributed by atoms with E-state index in [1.807, 2.05) is 6.92 Å². The summed E-state index contributed by atoms with van der Waals surface area (Å²) in [7, 11) is 0. The minimum Gasteiger partial charge on any atom is -0.300 e. The molecule has 1 N–H and O–H groups in total. The van der Waals surface area contributed by atoms with Crippen molar-refractivity contribution in [3.8, 4) is 11.4 Å². The quantitative estimate of drug-likeness (QED) is 0.871. The zero-order chi connectivity index (χ0) is 12.4. The van der Waals surface area contributed by atoms with Gasteiger partial charge in [-0.3, -0.25) is 5.10 Å². The highest BCUT2D eigenvalue weighted by Gasteiger charge is 2.15. The Hall–Kier alpha value is -1.01. The maximum atomic E-state index is 13.8. The Labute approximate surface area is 112 Å². The van der Waals surface area contributed by atoms with Gasteiger partial charge in [-0.15, -0.1) is 0 Å². The summed E-state index contributed by atoms with van der Waals surface area (Å²) in [5, 5.41) is 6.81. The van der Waals surface area contributed by atoms with Crippen LogP contribution in [0.2, 0.25) is 0 Å². The molecule has 0 fully saturated rings. The van der Waals surface area contributed by atoms with E-state index in [4.69, 9.17) is 12.2 Å². The summed E-state index contributed by atoms with van der Waals surface area (Å²) in [5.74, 6) is 0.215. The summed E-state index contributed by atoms with van der Waals surface area (Å²) >= 11 is 8.47. The van der Waals surface area contributed by atoms with Crippen molar-refractivity contribution < 1.29 is 4.39 Å². The fourth-order valence-electron chi connectivity index (χ4n) is 1.65. The molecule has 0 atom stereocenters. The Kier molecular flexibility index (Phi) is 3.73. The highest BCUT2D eigenvalue weighted by atomic mass is 79.9. The SMILES string of the molecule is CCCn1c(-c2c(F)cccc2Br)n[nH]c1=S. The molecule has 0 radical (unpaired) electrons. The number of hydrogen-bond acceptors (Lipinski definition) is 2. The van der Waals surface area contributed by atoms with E-state index in [9.17, 15) is 4.39 Å². The highest BCUT2D eigenvalue weighted by molar-refractivity contribution is 9.10. The third kappa shape index (κ3) is 2.32. The van der Waals surface area contributed by atoms with Gasteiger partial charge in [0.05, 0.1) is 5.56 Å². The van der Waals surface area contributed by atoms with Gasteiger partial charge in [0.2, 0.25) is 0 Å². The smallest absolute Gasteiger partial charge is 0.195 e. The van der Waals surface area contributed by atoms with Crippen LogP contribution in [-0.2, 0) is 6.54 Å². The molecule has 0 aliphatic carbocycles. The van der Waals surface area contributed by atoms with Crippen molar-refractivity contribution in [1.29, 1.82) is 0 Å². The molecule has 0 spiro atoms. The number of halogens is 2. The van der Waals surface area contributed by atoms with Gasteiger partial charge in [-0.2, -0.15) is 5.10 Å². The van der Waals surface area contributed by atoms with E-state index in [0.717, 1.165) is 6.42 Å². The molecule has 0 unspecified atom stereocenters. The molecule has 0 aliphatic heterocycles. The Balaban J connectivity index is 2.65. The second kappa shape index (κ2) is 5.10. The Morgan fingerprint density at radius 2 is 2.29 bits per heavy atom. The van der Waals surface area contributed by atoms with Crippen molar-refractivity contribution >= 4 is 28.1 Å². The van der Waals surface area contributed by atoms with E-state index in [1.165, 1.54) is 6.07 Å². The van der Waals surface area contributed by atoms with E-state index >= 15 is 0 Å². The maximum Gasteiger partial charge on any atom is 0.195 e. The lowest BCUT2D eigenvalue weighted by Crippen LogP contribution is -2.01. The first-order valence-corrected chi connectivity index (χ1v) is 6.45. The number of nitrogens with one attached hydrogen (secondary N) is 1. The van der Waals surface area contributed by atoms with Crippen LogP contribution >= 0.6 is 28.1 Å². The summed E-state index contributed by atoms with van der Waals surface area (Å²) in [5.41, 5.74) is 0.438. The largest absolute Gasteiger partial charge is 0.300 e. The number of nitrogens with zero attached hydrogens (tertiary/aromatic N) is 2. The fourth-order valence-corrected chi connectivity index (χ4v) is 2.39. The van der Waals surface area contributed by atoms with Gasteiger partial charge < -0.3 is 4.57 Å². The summed E-state index contributed by atoms with van der Waals surface area (Å²) < 4.78 is 16.8. The van der Waals surface area contributed by atoms with Gasteiger partial charge in [0.1, 0.15) is 5.82 Å². The first kappa shape index (κ1) is 12.4. The molecule has 0 saturated carbocycles. The fraction of sp³-hybridized carbons (Fsp3) is 0.273. The number of H-pyrrole nitrogens is 1. The minimum atomic E-state index is -0.314. The number of aromatic amines is 1. The van der Waals surface area contributed by atoms with Gasteiger partial charge in [0.15, 0.2) is 10.6 Å². The zero-order valence-electron chi connectivity index (χ0n) is 9.20. The van der Waals surface area contributed by atoms with Crippen molar-refractivity contribution in [3.05, 3.63) is 33.3 Å². The van der Waals surface area contributed by atoms with Gasteiger partial charge in [0, 0.05) is 11.0 Å². The van der Waals surface area contributed by atoms with Crippen LogP contribution in [0.1, 0.15) is 13.3 Å². The van der Waals surface area contributed by atoms with E-state index in [1.54, 1.807) is 16.7 Å². The maximum absolute atomic E-state index is 13.8. The third-order valence-electron chi connectivity index (χ3n) is 2.39. The summed E-state index contributed by atoms with van der Waals surface area (Å²) in [4.78, 5) is 0. The van der Waals surface area contributed by atoms with Crippen molar-refractivity contribution in [2.45, 2.75) is 19.9 Å². The minimum absolute atomic E-state index is 0.314. The first-order valence-electron chi connectivity index (χ1n) is 5.24. The van der Waals surface area contributed by atoms with Gasteiger partial charge in [-0.05, 0) is 46.7 Å². The number of rotatable bonds is 3. The Morgan fingerprint density at radius 3 is 2.94 bits per heavy atom. The Bertz CT molecular complexity index is 570. The van der Waals surface area contributed by atoms with Gasteiger partial charge >= 0.3 is 0 Å². The molecule has 0 aliphatic rings. The molecular weight excluding hydrogens is 305 g/mol. The van der Waals surface area contributed by atoms with Crippen LogP contribution in [0.25, 0.3) is 11.4 Å². The van der Waals surface area contributed by atoms with E-state index in [2.05, 4.69) is 26.1 Å². The molecule has 3 nitrogen and oxygen atoms in total. The summed E-state index contributed by atoms with van der Waals surface area (Å²) in [6.45, 7) is 2.75. The van der Waals surface area contributed by atoms with Gasteiger partial charge in [-0.1, -0.05) is 13.0 Å². The molecule has 2 rings (SSSR count). The van der Waals surface area contributed by atoms with E-state index in [0.29, 0.717) is 27.2 Å². The summed E-state index contributed by atoms with van der Waals surface area (Å²) in [6.07, 6.45) is 0.910. The van der Waals surface area contributed by atoms with Crippen LogP contribution in [0.3, 0.4) is 0 Å². The van der Waals surface area contributed by atoms with Crippen LogP contribution in [-0.4, -0.2) is 14.8 Å². The highest BCUT2D eigenvalue weighted by Crippen LogP contribution is 2.29. The predicted octanol–water partition coefficient (Wildman–Crippen LogP) is 3.92. The average Bonchev–Trinajstić information content (AvgIpc) is 2.62. The molecule has 0 amide bonds. The molecular formula is C11H11BrFN3S. The molecule has 1 heterocycles. The number of benzene rings is 1. The van der Waals surface area contributed by atoms with Crippen LogP contribution in [0.4, 0.5) is 4.39 Å². The van der Waals surface area contributed by atoms with E-state index < -0.39 is 0 Å². The zero-order valence-corrected chi connectivity index (χ0v) is 11.6. The van der Waals surface area contributed by atoms with Crippen molar-refractivity contribution in [2.75, 3.05) is 0 Å². The van der Waals surface area contributed by atoms with Crippen LogP contribution in [0.15, 0.2) is 22.7 Å². The number of hydrogen-bond donors (Lipinski definition) is 1. The molecule has 0 bridgehead atoms. The third-order valence-corrected chi connectivity index (χ3v) is 3.36. The second-order valence-electron chi connectivity index (χ2n) is 3.60. The molecule has 1 aromatic heterocycles. The number of aromatic nitrogens is 3. The standard InChI is InChI=1S/C11H11BrFN3S/c1-2-6-16-10(14-15-11(16)17)9-7(12)4-3-5-8(9)13/h3-5H,2,6H2,1H3,(H,15,17). The van der Waals surface area contributed by atoms with Crippen LogP contribution in [0.5, 0.6) is 0 Å². The lowest BCUT2D eigenvalue weighted by molar-refractivity contribution is 0.622. The second-order valence-corrected chi connectivity index (χ2v) is 4.84. The van der Waals surface area contributed by atoms with E-state index in [-0.39, 0.29) is 5.82 Å². The Morgan fingerprint density at radius 1 is 1.53 bits per heavy atom. The molecule has 0 saturated heterocycles. The summed E-state index contributed by atoms with van der Waals surface area (Å²) in [6, 6.07) is 4.84. The average molecular weight is 316 g/mol. The van der Waals surface area contributed by atoms with Crippen LogP contribution in [0, 0.1) is 10.6 Å². The lowest BCUT2D eigenvalue weighted by Gasteiger charge is -2.07. The molecule has 6 heteroatoms.